The molecule has 0 atom stereocenters. The van der Waals surface area contributed by atoms with Gasteiger partial charge in [-0.1, -0.05) is 5.21 Å². The molecule has 8 heteroatoms. The first-order valence-corrected chi connectivity index (χ1v) is 6.70. The van der Waals surface area contributed by atoms with Gasteiger partial charge in [0.15, 0.2) is 11.4 Å². The second-order valence-corrected chi connectivity index (χ2v) is 4.50. The van der Waals surface area contributed by atoms with Crippen molar-refractivity contribution in [1.29, 1.82) is 5.26 Å². The lowest BCUT2D eigenvalue weighted by molar-refractivity contribution is -0.143. The summed E-state index contributed by atoms with van der Waals surface area (Å²) in [4.78, 5) is 2.07. The van der Waals surface area contributed by atoms with Gasteiger partial charge < -0.3 is 4.90 Å². The average Bonchev–Trinajstić information content (AvgIpc) is 2.93. The van der Waals surface area contributed by atoms with E-state index in [0.29, 0.717) is 4.68 Å². The minimum absolute atomic E-state index is 0.206. The Labute approximate surface area is 125 Å². The molecule has 0 aliphatic carbocycles. The number of nitriles is 1. The van der Waals surface area contributed by atoms with E-state index in [9.17, 15) is 13.2 Å². The van der Waals surface area contributed by atoms with Crippen LogP contribution in [0.15, 0.2) is 24.3 Å². The van der Waals surface area contributed by atoms with Crippen molar-refractivity contribution in [2.24, 2.45) is 0 Å². The van der Waals surface area contributed by atoms with Gasteiger partial charge in [-0.3, -0.25) is 0 Å². The van der Waals surface area contributed by atoms with Crippen LogP contribution in [0.2, 0.25) is 0 Å². The fraction of sp³-hybridized carbons (Fsp3) is 0.357. The van der Waals surface area contributed by atoms with Crippen LogP contribution in [0.3, 0.4) is 0 Å². The van der Waals surface area contributed by atoms with Crippen molar-refractivity contribution in [3.8, 4) is 11.8 Å². The average molecular weight is 309 g/mol. The number of hydrogen-bond donors (Lipinski definition) is 0. The topological polar surface area (TPSA) is 57.7 Å². The summed E-state index contributed by atoms with van der Waals surface area (Å²) in [6.45, 7) is 5.59. The molecule has 0 unspecified atom stereocenters. The van der Waals surface area contributed by atoms with Crippen LogP contribution in [0.5, 0.6) is 0 Å². The number of nitrogens with zero attached hydrogens (tertiary/aromatic N) is 5. The smallest absolute Gasteiger partial charge is 0.372 e. The summed E-state index contributed by atoms with van der Waals surface area (Å²) in [5, 5.41) is 15.5. The van der Waals surface area contributed by atoms with Gasteiger partial charge in [0.1, 0.15) is 6.07 Å². The van der Waals surface area contributed by atoms with Crippen molar-refractivity contribution in [2.45, 2.75) is 20.0 Å². The van der Waals surface area contributed by atoms with Crippen LogP contribution in [0.4, 0.5) is 18.9 Å². The molecule has 1 aromatic heterocycles. The lowest BCUT2D eigenvalue weighted by atomic mass is 10.2. The summed E-state index contributed by atoms with van der Waals surface area (Å²) in [6, 6.07) is 7.91. The minimum atomic E-state index is -4.70. The van der Waals surface area contributed by atoms with Crippen LogP contribution < -0.4 is 4.90 Å². The molecule has 0 N–H and O–H groups in total. The van der Waals surface area contributed by atoms with E-state index in [0.717, 1.165) is 18.8 Å². The third-order valence-electron chi connectivity index (χ3n) is 3.27. The Morgan fingerprint density at radius 2 is 1.77 bits per heavy atom. The lowest BCUT2D eigenvalue weighted by Crippen LogP contribution is -2.21. The van der Waals surface area contributed by atoms with E-state index in [2.05, 4.69) is 15.2 Å². The molecule has 1 aromatic carbocycles. The molecule has 0 saturated heterocycles. The zero-order chi connectivity index (χ0) is 16.3. The Bertz CT molecular complexity index is 678. The van der Waals surface area contributed by atoms with Gasteiger partial charge in [-0.15, -0.1) is 5.10 Å². The number of alkyl halides is 3. The maximum absolute atomic E-state index is 13.1. The SMILES string of the molecule is CCN(CC)c1ccc(-n2nnc(C#N)c2C(F)(F)F)cc1. The molecule has 1 heterocycles. The fourth-order valence-corrected chi connectivity index (χ4v) is 2.19. The first-order valence-electron chi connectivity index (χ1n) is 6.70. The monoisotopic (exact) mass is 309 g/mol. The standard InChI is InChI=1S/C14H14F3N5/c1-3-21(4-2)10-5-7-11(8-6-10)22-13(14(15,16)17)12(9-18)19-20-22/h5-8H,3-4H2,1-2H3. The second-order valence-electron chi connectivity index (χ2n) is 4.50. The normalized spacial score (nSPS) is 11.3. The first-order chi connectivity index (χ1) is 10.4. The summed E-state index contributed by atoms with van der Waals surface area (Å²) < 4.78 is 39.9. The van der Waals surface area contributed by atoms with Crippen LogP contribution in [0.1, 0.15) is 25.2 Å². The van der Waals surface area contributed by atoms with Crippen molar-refractivity contribution in [3.05, 3.63) is 35.7 Å². The highest BCUT2D eigenvalue weighted by atomic mass is 19.4. The maximum Gasteiger partial charge on any atom is 0.436 e. The van der Waals surface area contributed by atoms with Gasteiger partial charge in [0, 0.05) is 18.8 Å². The molecule has 22 heavy (non-hydrogen) atoms. The minimum Gasteiger partial charge on any atom is -0.372 e. The van der Waals surface area contributed by atoms with Gasteiger partial charge in [-0.25, -0.2) is 4.68 Å². The van der Waals surface area contributed by atoms with E-state index in [1.54, 1.807) is 12.1 Å². The Kier molecular flexibility index (Phi) is 4.35. The third-order valence-corrected chi connectivity index (χ3v) is 3.27. The second kappa shape index (κ2) is 6.05. The number of benzene rings is 1. The maximum atomic E-state index is 13.1. The number of rotatable bonds is 4. The molecule has 0 saturated carbocycles. The lowest BCUT2D eigenvalue weighted by Gasteiger charge is -2.21. The molecule has 2 rings (SSSR count). The van der Waals surface area contributed by atoms with Crippen molar-refractivity contribution < 1.29 is 13.2 Å². The Hall–Kier alpha value is -2.56. The zero-order valence-electron chi connectivity index (χ0n) is 12.1. The fourth-order valence-electron chi connectivity index (χ4n) is 2.19. The van der Waals surface area contributed by atoms with Gasteiger partial charge >= 0.3 is 6.18 Å². The zero-order valence-corrected chi connectivity index (χ0v) is 12.1. The van der Waals surface area contributed by atoms with Gasteiger partial charge in [-0.05, 0) is 38.1 Å². The summed E-state index contributed by atoms with van der Waals surface area (Å²) in [5.74, 6) is 0. The van der Waals surface area contributed by atoms with E-state index in [1.807, 2.05) is 13.8 Å². The highest BCUT2D eigenvalue weighted by molar-refractivity contribution is 5.51. The molecule has 0 fully saturated rings. The first kappa shape index (κ1) is 15.8. The van der Waals surface area contributed by atoms with E-state index in [1.165, 1.54) is 18.2 Å². The van der Waals surface area contributed by atoms with Gasteiger partial charge in [0.25, 0.3) is 0 Å². The van der Waals surface area contributed by atoms with Crippen LogP contribution >= 0.6 is 0 Å². The van der Waals surface area contributed by atoms with Crippen molar-refractivity contribution in [3.63, 3.8) is 0 Å². The molecule has 0 bridgehead atoms. The molecule has 5 nitrogen and oxygen atoms in total. The highest BCUT2D eigenvalue weighted by Gasteiger charge is 2.40. The third kappa shape index (κ3) is 2.88. The number of anilines is 1. The number of aromatic nitrogens is 3. The van der Waals surface area contributed by atoms with E-state index < -0.39 is 17.6 Å². The van der Waals surface area contributed by atoms with Gasteiger partial charge in [-0.2, -0.15) is 18.4 Å². The predicted octanol–water partition coefficient (Wildman–Crippen LogP) is 3.00. The van der Waals surface area contributed by atoms with Crippen molar-refractivity contribution in [2.75, 3.05) is 18.0 Å². The Morgan fingerprint density at radius 1 is 1.18 bits per heavy atom. The number of halogens is 3. The van der Waals surface area contributed by atoms with Gasteiger partial charge in [0.2, 0.25) is 0 Å². The molecular weight excluding hydrogens is 295 g/mol. The summed E-state index contributed by atoms with van der Waals surface area (Å²) in [6.07, 6.45) is -4.70. The Morgan fingerprint density at radius 3 is 2.23 bits per heavy atom. The van der Waals surface area contributed by atoms with Crippen LogP contribution in [-0.4, -0.2) is 28.1 Å². The van der Waals surface area contributed by atoms with Gasteiger partial charge in [0.05, 0.1) is 5.69 Å². The van der Waals surface area contributed by atoms with Crippen molar-refractivity contribution >= 4 is 5.69 Å². The molecule has 0 aliphatic rings. The van der Waals surface area contributed by atoms with E-state index >= 15 is 0 Å². The molecular formula is C14H14F3N5. The molecule has 0 aliphatic heterocycles. The molecule has 0 radical (unpaired) electrons. The summed E-state index contributed by atoms with van der Waals surface area (Å²) >= 11 is 0. The van der Waals surface area contributed by atoms with E-state index in [-0.39, 0.29) is 5.69 Å². The molecule has 2 aromatic rings. The van der Waals surface area contributed by atoms with Crippen molar-refractivity contribution in [1.82, 2.24) is 15.0 Å². The largest absolute Gasteiger partial charge is 0.436 e. The quantitative estimate of drug-likeness (QED) is 0.871. The Balaban J connectivity index is 2.46. The predicted molar refractivity (Wildman–Crippen MR) is 74.6 cm³/mol. The molecule has 0 spiro atoms. The number of hydrogen-bond acceptors (Lipinski definition) is 4. The highest BCUT2D eigenvalue weighted by Crippen LogP contribution is 2.32. The van der Waals surface area contributed by atoms with Crippen LogP contribution in [0, 0.1) is 11.3 Å². The van der Waals surface area contributed by atoms with E-state index in [4.69, 9.17) is 5.26 Å². The summed E-state index contributed by atoms with van der Waals surface area (Å²) in [5.41, 5.74) is -0.786. The van der Waals surface area contributed by atoms with Crippen LogP contribution in [0.25, 0.3) is 5.69 Å². The molecule has 116 valence electrons. The molecule has 0 amide bonds. The van der Waals surface area contributed by atoms with Crippen LogP contribution in [-0.2, 0) is 6.18 Å². The summed E-state index contributed by atoms with van der Waals surface area (Å²) in [7, 11) is 0.